The molecule has 0 radical (unpaired) electrons. The second-order valence-electron chi connectivity index (χ2n) is 4.34. The van der Waals surface area contributed by atoms with E-state index < -0.39 is 5.97 Å². The smallest absolute Gasteiger partial charge is 0.360 e. The normalized spacial score (nSPS) is 10.5. The molecule has 0 N–H and O–H groups in total. The number of methoxy groups -OCH3 is 2. The lowest BCUT2D eigenvalue weighted by Gasteiger charge is -2.10. The Bertz CT molecular complexity index is 655. The van der Waals surface area contributed by atoms with Crippen LogP contribution in [0.3, 0.4) is 0 Å². The van der Waals surface area contributed by atoms with Crippen molar-refractivity contribution in [3.8, 4) is 5.75 Å². The maximum atomic E-state index is 11.7. The van der Waals surface area contributed by atoms with Crippen molar-refractivity contribution < 1.29 is 14.3 Å². The van der Waals surface area contributed by atoms with Crippen LogP contribution in [0.25, 0.3) is 0 Å². The van der Waals surface area contributed by atoms with Crippen molar-refractivity contribution in [2.45, 2.75) is 19.9 Å². The number of benzene rings is 1. The molecule has 1 aromatic carbocycles. The zero-order valence-corrected chi connectivity index (χ0v) is 13.7. The first-order chi connectivity index (χ1) is 10.1. The highest BCUT2D eigenvalue weighted by atomic mass is 79.9. The van der Waals surface area contributed by atoms with E-state index in [1.807, 2.05) is 25.1 Å². The van der Waals surface area contributed by atoms with Gasteiger partial charge >= 0.3 is 5.97 Å². The molecular formula is C14H16BrN3O3. The van der Waals surface area contributed by atoms with Crippen LogP contribution in [0.5, 0.6) is 5.75 Å². The summed E-state index contributed by atoms with van der Waals surface area (Å²) in [7, 11) is 2.95. The number of carbonyl (C=O) groups is 1. The highest BCUT2D eigenvalue weighted by Gasteiger charge is 2.19. The Kier molecular flexibility index (Phi) is 4.95. The van der Waals surface area contributed by atoms with Crippen LogP contribution in [0.4, 0.5) is 0 Å². The lowest BCUT2D eigenvalue weighted by molar-refractivity contribution is 0.0592. The summed E-state index contributed by atoms with van der Waals surface area (Å²) in [5.74, 6) is 0.287. The Hall–Kier alpha value is -1.89. The molecule has 0 bridgehead atoms. The molecule has 0 fully saturated rings. The van der Waals surface area contributed by atoms with E-state index in [-0.39, 0.29) is 5.69 Å². The highest BCUT2D eigenvalue weighted by molar-refractivity contribution is 9.10. The summed E-state index contributed by atoms with van der Waals surface area (Å²) in [5, 5.41) is 7.97. The summed E-state index contributed by atoms with van der Waals surface area (Å²) < 4.78 is 12.7. The second-order valence-corrected chi connectivity index (χ2v) is 5.26. The van der Waals surface area contributed by atoms with E-state index in [4.69, 9.17) is 9.47 Å². The van der Waals surface area contributed by atoms with E-state index in [1.165, 1.54) is 7.11 Å². The van der Waals surface area contributed by atoms with Crippen molar-refractivity contribution in [1.82, 2.24) is 15.0 Å². The van der Waals surface area contributed by atoms with E-state index in [2.05, 4.69) is 26.2 Å². The zero-order chi connectivity index (χ0) is 15.4. The van der Waals surface area contributed by atoms with Gasteiger partial charge in [-0.15, -0.1) is 5.10 Å². The van der Waals surface area contributed by atoms with E-state index in [0.29, 0.717) is 13.0 Å². The molecule has 0 saturated carbocycles. The molecule has 1 aromatic heterocycles. The van der Waals surface area contributed by atoms with Gasteiger partial charge < -0.3 is 9.47 Å². The number of esters is 1. The minimum absolute atomic E-state index is 0.258. The van der Waals surface area contributed by atoms with Crippen LogP contribution in [0.1, 0.15) is 28.7 Å². The lowest BCUT2D eigenvalue weighted by Crippen LogP contribution is -2.10. The van der Waals surface area contributed by atoms with Gasteiger partial charge in [-0.1, -0.05) is 28.1 Å². The van der Waals surface area contributed by atoms with Crippen molar-refractivity contribution >= 4 is 21.9 Å². The molecule has 112 valence electrons. The lowest BCUT2D eigenvalue weighted by atomic mass is 10.2. The molecule has 21 heavy (non-hydrogen) atoms. The van der Waals surface area contributed by atoms with Gasteiger partial charge in [-0.25, -0.2) is 9.48 Å². The predicted molar refractivity (Wildman–Crippen MR) is 80.5 cm³/mol. The Morgan fingerprint density at radius 1 is 1.38 bits per heavy atom. The van der Waals surface area contributed by atoms with Gasteiger partial charge in [0.05, 0.1) is 26.5 Å². The van der Waals surface area contributed by atoms with Gasteiger partial charge in [0.15, 0.2) is 5.69 Å². The largest absolute Gasteiger partial charge is 0.496 e. The van der Waals surface area contributed by atoms with E-state index in [0.717, 1.165) is 21.5 Å². The van der Waals surface area contributed by atoms with Gasteiger partial charge in [-0.05, 0) is 24.6 Å². The van der Waals surface area contributed by atoms with E-state index in [1.54, 1.807) is 11.8 Å². The van der Waals surface area contributed by atoms with Gasteiger partial charge in [0.25, 0.3) is 0 Å². The van der Waals surface area contributed by atoms with Gasteiger partial charge in [0, 0.05) is 10.0 Å². The fourth-order valence-corrected chi connectivity index (χ4v) is 2.51. The first kappa shape index (κ1) is 15.5. The molecule has 0 spiro atoms. The number of nitrogens with zero attached hydrogens (tertiary/aromatic N) is 3. The summed E-state index contributed by atoms with van der Waals surface area (Å²) in [6, 6.07) is 5.74. The molecule has 0 aliphatic heterocycles. The number of aromatic nitrogens is 3. The van der Waals surface area contributed by atoms with Crippen LogP contribution < -0.4 is 4.74 Å². The molecular weight excluding hydrogens is 338 g/mol. The Balaban J connectivity index is 2.38. The van der Waals surface area contributed by atoms with Crippen LogP contribution in [0, 0.1) is 0 Å². The number of ether oxygens (including phenoxy) is 2. The molecule has 0 aliphatic rings. The summed E-state index contributed by atoms with van der Waals surface area (Å²) in [5.41, 5.74) is 1.95. The number of hydrogen-bond donors (Lipinski definition) is 0. The summed E-state index contributed by atoms with van der Waals surface area (Å²) in [6.45, 7) is 2.41. The number of rotatable bonds is 5. The SMILES string of the molecule is CCc1c(C(=O)OC)nnn1Cc1cc(Br)ccc1OC. The molecule has 0 unspecified atom stereocenters. The third kappa shape index (κ3) is 3.24. The summed E-state index contributed by atoms with van der Waals surface area (Å²) in [6.07, 6.45) is 0.633. The minimum atomic E-state index is -0.473. The van der Waals surface area contributed by atoms with Crippen LogP contribution in [-0.4, -0.2) is 35.2 Å². The molecule has 0 aliphatic carbocycles. The van der Waals surface area contributed by atoms with Gasteiger partial charge in [-0.2, -0.15) is 0 Å². The van der Waals surface area contributed by atoms with Crippen LogP contribution in [0.15, 0.2) is 22.7 Å². The van der Waals surface area contributed by atoms with Crippen LogP contribution in [0.2, 0.25) is 0 Å². The van der Waals surface area contributed by atoms with Gasteiger partial charge in [0.1, 0.15) is 5.75 Å². The first-order valence-corrected chi connectivity index (χ1v) is 7.23. The molecule has 1 heterocycles. The van der Waals surface area contributed by atoms with E-state index >= 15 is 0 Å². The van der Waals surface area contributed by atoms with Crippen molar-refractivity contribution in [3.05, 3.63) is 39.6 Å². The first-order valence-electron chi connectivity index (χ1n) is 6.43. The monoisotopic (exact) mass is 353 g/mol. The van der Waals surface area contributed by atoms with E-state index in [9.17, 15) is 4.79 Å². The fourth-order valence-electron chi connectivity index (χ4n) is 2.10. The maximum absolute atomic E-state index is 11.7. The molecule has 7 heteroatoms. The number of carbonyl (C=O) groups excluding carboxylic acids is 1. The van der Waals surface area contributed by atoms with Crippen LogP contribution >= 0.6 is 15.9 Å². The fraction of sp³-hybridized carbons (Fsp3) is 0.357. The Morgan fingerprint density at radius 3 is 2.76 bits per heavy atom. The average Bonchev–Trinajstić information content (AvgIpc) is 2.89. The molecule has 0 amide bonds. The molecule has 0 atom stereocenters. The molecule has 2 rings (SSSR count). The maximum Gasteiger partial charge on any atom is 0.360 e. The minimum Gasteiger partial charge on any atom is -0.496 e. The number of halogens is 1. The third-order valence-electron chi connectivity index (χ3n) is 3.11. The topological polar surface area (TPSA) is 66.2 Å². The van der Waals surface area contributed by atoms with Gasteiger partial charge in [0.2, 0.25) is 0 Å². The Morgan fingerprint density at radius 2 is 2.14 bits per heavy atom. The second kappa shape index (κ2) is 6.71. The molecule has 6 nitrogen and oxygen atoms in total. The summed E-state index contributed by atoms with van der Waals surface area (Å²) in [4.78, 5) is 11.7. The van der Waals surface area contributed by atoms with Crippen molar-refractivity contribution in [3.63, 3.8) is 0 Å². The molecule has 2 aromatic rings. The zero-order valence-electron chi connectivity index (χ0n) is 12.1. The highest BCUT2D eigenvalue weighted by Crippen LogP contribution is 2.24. The van der Waals surface area contributed by atoms with Gasteiger partial charge in [-0.3, -0.25) is 0 Å². The number of hydrogen-bond acceptors (Lipinski definition) is 5. The quantitative estimate of drug-likeness (QED) is 0.772. The Labute approximate surface area is 131 Å². The molecule has 0 saturated heterocycles. The summed E-state index contributed by atoms with van der Waals surface area (Å²) >= 11 is 3.44. The average molecular weight is 354 g/mol. The third-order valence-corrected chi connectivity index (χ3v) is 3.61. The van der Waals surface area contributed by atoms with Crippen molar-refractivity contribution in [1.29, 1.82) is 0 Å². The standard InChI is InChI=1S/C14H16BrN3O3/c1-4-11-13(14(19)21-3)16-17-18(11)8-9-7-10(15)5-6-12(9)20-2/h5-7H,4,8H2,1-3H3. The van der Waals surface area contributed by atoms with Crippen LogP contribution in [-0.2, 0) is 17.7 Å². The van der Waals surface area contributed by atoms with Crippen molar-refractivity contribution in [2.24, 2.45) is 0 Å². The van der Waals surface area contributed by atoms with Crippen molar-refractivity contribution in [2.75, 3.05) is 14.2 Å². The predicted octanol–water partition coefficient (Wildman–Crippen LogP) is 2.45.